The van der Waals surface area contributed by atoms with Gasteiger partial charge < -0.3 is 10.2 Å². The maximum Gasteiger partial charge on any atom is 0.0431 e. The molecule has 0 fully saturated rings. The van der Waals surface area contributed by atoms with Crippen LogP contribution in [0, 0.1) is 17.8 Å². The second kappa shape index (κ2) is 58.7. The molecule has 2 nitrogen and oxygen atoms in total. The van der Waals surface area contributed by atoms with E-state index in [-0.39, 0.29) is 0 Å². The summed E-state index contributed by atoms with van der Waals surface area (Å²) in [6.07, 6.45) is 59.8. The maximum atomic E-state index is 8.65. The van der Waals surface area contributed by atoms with Gasteiger partial charge in [-0.05, 0) is 76.5 Å². The van der Waals surface area contributed by atoms with E-state index in [2.05, 4.69) is 70.8 Å². The van der Waals surface area contributed by atoms with Gasteiger partial charge in [-0.2, -0.15) is 0 Å². The van der Waals surface area contributed by atoms with E-state index >= 15 is 0 Å². The molecule has 0 heterocycles. The smallest absolute Gasteiger partial charge is 0.0431 e. The standard InChI is InChI=1S/C20H38.C17H34O.C15H30O/c1-3-5-7-9-11-13-15-17-19-20-18-16-14-12-10-8-6-4-2;1-3-17(2)15-13-11-9-7-5-4-6-8-10-12-14-16-18;1-2-3-4-5-6-7-8-9-10-11-12-13-14-15-16/h3-5,7,9-20H2,1-2H3;5,7,17-18H,3-4,6,8-16H2,1-2H3;9-10,16H,2-8,11-15H2,1H3/t;17-;/m.1./s1. The lowest BCUT2D eigenvalue weighted by Gasteiger charge is -2.06. The lowest BCUT2D eigenvalue weighted by atomic mass is 10.0. The molecule has 0 radical (unpaired) electrons. The summed E-state index contributed by atoms with van der Waals surface area (Å²) in [5.41, 5.74) is 0. The minimum Gasteiger partial charge on any atom is -0.396 e. The molecular weight excluding hydrogens is 657 g/mol. The zero-order chi connectivity index (χ0) is 40.1. The zero-order valence-electron chi connectivity index (χ0n) is 38.1. The van der Waals surface area contributed by atoms with Crippen molar-refractivity contribution in [1.82, 2.24) is 0 Å². The third-order valence-electron chi connectivity index (χ3n) is 10.6. The summed E-state index contributed by atoms with van der Waals surface area (Å²) in [6, 6.07) is 0. The molecule has 0 aliphatic carbocycles. The van der Waals surface area contributed by atoms with Crippen molar-refractivity contribution in [3.05, 3.63) is 24.3 Å². The second-order valence-electron chi connectivity index (χ2n) is 16.2. The highest BCUT2D eigenvalue weighted by atomic mass is 16.3. The Labute approximate surface area is 343 Å². The Morgan fingerprint density at radius 2 is 0.685 bits per heavy atom. The largest absolute Gasteiger partial charge is 0.396 e. The number of allylic oxidation sites excluding steroid dienone is 4. The number of aliphatic hydroxyl groups excluding tert-OH is 2. The Kier molecular flexibility index (Phi) is 62.2. The third kappa shape index (κ3) is 62.9. The minimum absolute atomic E-state index is 0.349. The van der Waals surface area contributed by atoms with E-state index in [1.165, 1.54) is 212 Å². The monoisotopic (exact) mass is 759 g/mol. The third-order valence-corrected chi connectivity index (χ3v) is 10.6. The van der Waals surface area contributed by atoms with Crippen LogP contribution in [-0.4, -0.2) is 23.4 Å². The van der Waals surface area contributed by atoms with Gasteiger partial charge in [-0.3, -0.25) is 0 Å². The lowest BCUT2D eigenvalue weighted by molar-refractivity contribution is 0.282. The molecule has 0 saturated carbocycles. The molecule has 1 atom stereocenters. The van der Waals surface area contributed by atoms with E-state index < -0.39 is 0 Å². The van der Waals surface area contributed by atoms with Crippen LogP contribution in [0.5, 0.6) is 0 Å². The number of aliphatic hydroxyl groups is 2. The van der Waals surface area contributed by atoms with E-state index in [0.717, 1.165) is 38.0 Å². The van der Waals surface area contributed by atoms with Crippen molar-refractivity contribution < 1.29 is 10.2 Å². The van der Waals surface area contributed by atoms with Crippen molar-refractivity contribution in [2.45, 2.75) is 279 Å². The SMILES string of the molecule is CCC#CCCCCCCCCCCCCCCCC.CCCCCCCCC=CCCCCCO.CC[C@@H](C)CCCCC=CCCCCCCCO. The van der Waals surface area contributed by atoms with Crippen LogP contribution >= 0.6 is 0 Å². The van der Waals surface area contributed by atoms with Crippen LogP contribution in [0.3, 0.4) is 0 Å². The predicted molar refractivity (Wildman–Crippen MR) is 248 cm³/mol. The van der Waals surface area contributed by atoms with Crippen LogP contribution in [0.1, 0.15) is 279 Å². The Morgan fingerprint density at radius 1 is 0.370 bits per heavy atom. The number of unbranched alkanes of at least 4 members (excludes halogenated alkanes) is 30. The average Bonchev–Trinajstić information content (AvgIpc) is 3.19. The van der Waals surface area contributed by atoms with Gasteiger partial charge in [-0.1, -0.05) is 219 Å². The average molecular weight is 759 g/mol. The summed E-state index contributed by atoms with van der Waals surface area (Å²) in [4.78, 5) is 0. The molecule has 0 aliphatic rings. The van der Waals surface area contributed by atoms with E-state index in [1.54, 1.807) is 0 Å². The summed E-state index contributed by atoms with van der Waals surface area (Å²) in [5.74, 6) is 7.28. The van der Waals surface area contributed by atoms with Crippen LogP contribution in [0.2, 0.25) is 0 Å². The van der Waals surface area contributed by atoms with Crippen LogP contribution in [-0.2, 0) is 0 Å². The van der Waals surface area contributed by atoms with E-state index in [1.807, 2.05) is 0 Å². The van der Waals surface area contributed by atoms with Crippen molar-refractivity contribution in [2.24, 2.45) is 5.92 Å². The first kappa shape index (κ1) is 57.3. The van der Waals surface area contributed by atoms with Crippen molar-refractivity contribution in [2.75, 3.05) is 13.2 Å². The van der Waals surface area contributed by atoms with Gasteiger partial charge in [0, 0.05) is 26.1 Å². The molecule has 0 aromatic carbocycles. The molecule has 0 rings (SSSR count). The predicted octanol–water partition coefficient (Wildman–Crippen LogP) is 17.6. The van der Waals surface area contributed by atoms with Crippen molar-refractivity contribution in [3.63, 3.8) is 0 Å². The summed E-state index contributed by atoms with van der Waals surface area (Å²) >= 11 is 0. The maximum absolute atomic E-state index is 8.65. The number of rotatable bonds is 39. The molecule has 54 heavy (non-hydrogen) atoms. The van der Waals surface area contributed by atoms with Gasteiger partial charge in [0.15, 0.2) is 0 Å². The Bertz CT molecular complexity index is 728. The summed E-state index contributed by atoms with van der Waals surface area (Å²) in [6.45, 7) is 12.0. The van der Waals surface area contributed by atoms with E-state index in [9.17, 15) is 0 Å². The lowest BCUT2D eigenvalue weighted by Crippen LogP contribution is -1.90. The molecule has 0 bridgehead atoms. The fraction of sp³-hybridized carbons (Fsp3) is 0.885. The fourth-order valence-corrected chi connectivity index (χ4v) is 6.55. The molecule has 322 valence electrons. The van der Waals surface area contributed by atoms with Crippen LogP contribution < -0.4 is 0 Å². The first-order valence-corrected chi connectivity index (χ1v) is 24.6. The topological polar surface area (TPSA) is 40.5 Å². The minimum atomic E-state index is 0.349. The van der Waals surface area contributed by atoms with Gasteiger partial charge in [-0.15, -0.1) is 11.8 Å². The number of hydrogen-bond acceptors (Lipinski definition) is 2. The molecule has 0 aromatic heterocycles. The first-order chi connectivity index (χ1) is 26.6. The van der Waals surface area contributed by atoms with Gasteiger partial charge >= 0.3 is 0 Å². The van der Waals surface area contributed by atoms with Crippen LogP contribution in [0.15, 0.2) is 24.3 Å². The molecule has 0 aromatic rings. The van der Waals surface area contributed by atoms with Gasteiger partial charge in [0.05, 0.1) is 0 Å². The molecule has 2 N–H and O–H groups in total. The van der Waals surface area contributed by atoms with Crippen LogP contribution in [0.4, 0.5) is 0 Å². The first-order valence-electron chi connectivity index (χ1n) is 24.6. The summed E-state index contributed by atoms with van der Waals surface area (Å²) in [5, 5.41) is 17.3. The van der Waals surface area contributed by atoms with E-state index in [4.69, 9.17) is 10.2 Å². The molecule has 0 saturated heterocycles. The quantitative estimate of drug-likeness (QED) is 0.0372. The van der Waals surface area contributed by atoms with Gasteiger partial charge in [0.25, 0.3) is 0 Å². The van der Waals surface area contributed by atoms with Gasteiger partial charge in [-0.25, -0.2) is 0 Å². The van der Waals surface area contributed by atoms with Crippen molar-refractivity contribution in [3.8, 4) is 11.8 Å². The molecule has 0 spiro atoms. The highest BCUT2D eigenvalue weighted by Crippen LogP contribution is 2.14. The highest BCUT2D eigenvalue weighted by Gasteiger charge is 1.97. The van der Waals surface area contributed by atoms with Gasteiger partial charge in [0.2, 0.25) is 0 Å². The van der Waals surface area contributed by atoms with Crippen molar-refractivity contribution in [1.29, 1.82) is 0 Å². The molecule has 0 aliphatic heterocycles. The van der Waals surface area contributed by atoms with E-state index in [0.29, 0.717) is 13.2 Å². The normalized spacial score (nSPS) is 11.6. The van der Waals surface area contributed by atoms with Gasteiger partial charge in [0.1, 0.15) is 0 Å². The number of hydrogen-bond donors (Lipinski definition) is 2. The summed E-state index contributed by atoms with van der Waals surface area (Å²) < 4.78 is 0. The highest BCUT2D eigenvalue weighted by molar-refractivity contribution is 4.97. The molecule has 2 heteroatoms. The van der Waals surface area contributed by atoms with Crippen LogP contribution in [0.25, 0.3) is 0 Å². The summed E-state index contributed by atoms with van der Waals surface area (Å²) in [7, 11) is 0. The Morgan fingerprint density at radius 3 is 1.04 bits per heavy atom. The second-order valence-corrected chi connectivity index (χ2v) is 16.2. The fourth-order valence-electron chi connectivity index (χ4n) is 6.55. The Balaban J connectivity index is -0.000000727. The zero-order valence-corrected chi connectivity index (χ0v) is 38.1. The molecular formula is C52H102O2. The van der Waals surface area contributed by atoms with Crippen molar-refractivity contribution >= 4 is 0 Å². The Hall–Kier alpha value is -1.04. The molecule has 0 unspecified atom stereocenters. The molecule has 0 amide bonds.